The molecular weight excluding hydrogens is 456 g/mol. The second-order valence-electron chi connectivity index (χ2n) is 7.16. The summed E-state index contributed by atoms with van der Waals surface area (Å²) in [6.07, 6.45) is 1.18. The Morgan fingerprint density at radius 2 is 1.50 bits per heavy atom. The largest absolute Gasteiger partial charge is 0.354 e. The molecule has 0 bridgehead atoms. The average molecular weight is 475 g/mol. The summed E-state index contributed by atoms with van der Waals surface area (Å²) >= 11 is 5.92. The molecule has 0 aliphatic heterocycles. The molecule has 3 N–H and O–H groups in total. The van der Waals surface area contributed by atoms with Crippen molar-refractivity contribution in [1.29, 1.82) is 0 Å². The summed E-state index contributed by atoms with van der Waals surface area (Å²) in [5.41, 5.74) is 6.60. The highest BCUT2D eigenvalue weighted by molar-refractivity contribution is 6.30. The van der Waals surface area contributed by atoms with Crippen LogP contribution in [0.5, 0.6) is 0 Å². The number of carbonyl (C=O) groups is 1. The number of anilines is 2. The molecule has 0 aliphatic carbocycles. The third-order valence-corrected chi connectivity index (χ3v) is 5.17. The third-order valence-electron chi connectivity index (χ3n) is 4.93. The number of benzene rings is 3. The second kappa shape index (κ2) is 10.4. The van der Waals surface area contributed by atoms with Gasteiger partial charge < -0.3 is 5.32 Å². The first-order chi connectivity index (χ1) is 16.5. The number of hydrazine groups is 1. The van der Waals surface area contributed by atoms with Crippen LogP contribution in [0, 0.1) is 10.1 Å². The predicted molar refractivity (Wildman–Crippen MR) is 130 cm³/mol. The number of nitrogens with zero attached hydrogens (tertiary/aromatic N) is 3. The number of halogens is 1. The lowest BCUT2D eigenvalue weighted by Crippen LogP contribution is -2.30. The van der Waals surface area contributed by atoms with Crippen LogP contribution < -0.4 is 16.2 Å². The van der Waals surface area contributed by atoms with Gasteiger partial charge in [-0.3, -0.25) is 25.8 Å². The Morgan fingerprint density at radius 1 is 0.882 bits per heavy atom. The summed E-state index contributed by atoms with van der Waals surface area (Å²) in [5, 5.41) is 15.5. The van der Waals surface area contributed by atoms with Gasteiger partial charge in [-0.05, 0) is 29.3 Å². The highest BCUT2D eigenvalue weighted by Crippen LogP contribution is 2.33. The summed E-state index contributed by atoms with van der Waals surface area (Å²) in [5.74, 6) is -0.702. The zero-order valence-electron chi connectivity index (χ0n) is 17.7. The Bertz CT molecular complexity index is 1270. The number of hydrogen-bond donors (Lipinski definition) is 3. The molecule has 10 heteroatoms. The van der Waals surface area contributed by atoms with Crippen LogP contribution in [-0.2, 0) is 0 Å². The van der Waals surface area contributed by atoms with E-state index in [-0.39, 0.29) is 17.2 Å². The van der Waals surface area contributed by atoms with Gasteiger partial charge in [0, 0.05) is 10.6 Å². The quantitative estimate of drug-likeness (QED) is 0.242. The van der Waals surface area contributed by atoms with Gasteiger partial charge in [0.15, 0.2) is 0 Å². The molecule has 170 valence electrons. The van der Waals surface area contributed by atoms with Gasteiger partial charge in [0.2, 0.25) is 11.6 Å². The predicted octanol–water partition coefficient (Wildman–Crippen LogP) is 5.00. The smallest absolute Gasteiger partial charge is 0.353 e. The fourth-order valence-corrected chi connectivity index (χ4v) is 3.54. The van der Waals surface area contributed by atoms with Crippen molar-refractivity contribution in [3.05, 3.63) is 123 Å². The van der Waals surface area contributed by atoms with Crippen LogP contribution >= 0.6 is 11.6 Å². The van der Waals surface area contributed by atoms with Gasteiger partial charge in [0.25, 0.3) is 5.91 Å². The van der Waals surface area contributed by atoms with Crippen molar-refractivity contribution >= 4 is 34.8 Å². The van der Waals surface area contributed by atoms with Gasteiger partial charge in [-0.1, -0.05) is 78.3 Å². The van der Waals surface area contributed by atoms with Gasteiger partial charge in [0.05, 0.1) is 11.0 Å². The van der Waals surface area contributed by atoms with E-state index in [1.54, 1.807) is 18.2 Å². The maximum Gasteiger partial charge on any atom is 0.354 e. The van der Waals surface area contributed by atoms with Crippen LogP contribution in [0.3, 0.4) is 0 Å². The minimum Gasteiger partial charge on any atom is -0.353 e. The molecule has 1 heterocycles. The summed E-state index contributed by atoms with van der Waals surface area (Å²) < 4.78 is 0. The van der Waals surface area contributed by atoms with Crippen LogP contribution in [-0.4, -0.2) is 20.8 Å². The SMILES string of the molecule is O=C(NNc1ncnc(NC(c2ccccc2)c2ccccc2)c1[N+](=O)[O-])c1cccc(Cl)c1. The molecule has 0 aliphatic rings. The molecule has 1 aromatic heterocycles. The first-order valence-electron chi connectivity index (χ1n) is 10.2. The normalized spacial score (nSPS) is 10.5. The first-order valence-corrected chi connectivity index (χ1v) is 10.6. The zero-order chi connectivity index (χ0) is 23.9. The van der Waals surface area contributed by atoms with Crippen LogP contribution in [0.25, 0.3) is 0 Å². The van der Waals surface area contributed by atoms with E-state index in [4.69, 9.17) is 11.6 Å². The highest BCUT2D eigenvalue weighted by Gasteiger charge is 2.26. The first kappa shape index (κ1) is 22.7. The van der Waals surface area contributed by atoms with Crippen LogP contribution in [0.4, 0.5) is 17.3 Å². The Morgan fingerprint density at radius 3 is 2.09 bits per heavy atom. The van der Waals surface area contributed by atoms with Gasteiger partial charge in [-0.15, -0.1) is 0 Å². The zero-order valence-corrected chi connectivity index (χ0v) is 18.4. The molecular formula is C24H19ClN6O3. The molecule has 0 fully saturated rings. The standard InChI is InChI=1S/C24H19ClN6O3/c25-19-13-7-12-18(14-19)24(32)30-29-23-21(31(33)34)22(26-15-27-23)28-20(16-8-3-1-4-9-16)17-10-5-2-6-11-17/h1-15,20H,(H,30,32)(H2,26,27,28,29). The van der Waals surface area contributed by atoms with Crippen molar-refractivity contribution in [3.8, 4) is 0 Å². The molecule has 0 saturated heterocycles. The second-order valence-corrected chi connectivity index (χ2v) is 7.60. The molecule has 0 unspecified atom stereocenters. The van der Waals surface area contributed by atoms with E-state index >= 15 is 0 Å². The van der Waals surface area contributed by atoms with E-state index in [1.165, 1.54) is 12.4 Å². The summed E-state index contributed by atoms with van der Waals surface area (Å²) in [6.45, 7) is 0. The van der Waals surface area contributed by atoms with Crippen molar-refractivity contribution in [2.45, 2.75) is 6.04 Å². The minimum atomic E-state index is -0.608. The molecule has 0 radical (unpaired) electrons. The fraction of sp³-hybridized carbons (Fsp3) is 0.0417. The Labute approximate surface area is 200 Å². The number of nitrogens with one attached hydrogen (secondary N) is 3. The lowest BCUT2D eigenvalue weighted by atomic mass is 9.99. The monoisotopic (exact) mass is 474 g/mol. The summed E-state index contributed by atoms with van der Waals surface area (Å²) in [6, 6.07) is 24.9. The fourth-order valence-electron chi connectivity index (χ4n) is 3.35. The van der Waals surface area contributed by atoms with E-state index < -0.39 is 22.6 Å². The lowest BCUT2D eigenvalue weighted by molar-refractivity contribution is -0.383. The number of aromatic nitrogens is 2. The number of rotatable bonds is 8. The van der Waals surface area contributed by atoms with Gasteiger partial charge >= 0.3 is 5.69 Å². The molecule has 0 spiro atoms. The number of hydrogen-bond acceptors (Lipinski definition) is 7. The van der Waals surface area contributed by atoms with Crippen molar-refractivity contribution in [2.24, 2.45) is 0 Å². The van der Waals surface area contributed by atoms with Gasteiger partial charge in [-0.2, -0.15) is 0 Å². The number of amides is 1. The Balaban J connectivity index is 1.63. The molecule has 9 nitrogen and oxygen atoms in total. The van der Waals surface area contributed by atoms with Crippen LogP contribution in [0.15, 0.2) is 91.3 Å². The minimum absolute atomic E-state index is 0.00258. The number of nitro groups is 1. The molecule has 0 saturated carbocycles. The molecule has 4 rings (SSSR count). The van der Waals surface area contributed by atoms with Crippen LogP contribution in [0.1, 0.15) is 27.5 Å². The lowest BCUT2D eigenvalue weighted by Gasteiger charge is -2.20. The van der Waals surface area contributed by atoms with Gasteiger partial charge in [0.1, 0.15) is 6.33 Å². The molecule has 3 aromatic carbocycles. The molecule has 0 atom stereocenters. The van der Waals surface area contributed by atoms with Crippen molar-refractivity contribution in [3.63, 3.8) is 0 Å². The average Bonchev–Trinajstić information content (AvgIpc) is 2.86. The van der Waals surface area contributed by atoms with Crippen LogP contribution in [0.2, 0.25) is 5.02 Å². The Kier molecular flexibility index (Phi) is 6.95. The summed E-state index contributed by atoms with van der Waals surface area (Å²) in [7, 11) is 0. The Hall–Kier alpha value is -4.50. The van der Waals surface area contributed by atoms with E-state index in [1.807, 2.05) is 60.7 Å². The van der Waals surface area contributed by atoms with E-state index in [2.05, 4.69) is 26.1 Å². The van der Waals surface area contributed by atoms with Crippen molar-refractivity contribution < 1.29 is 9.72 Å². The van der Waals surface area contributed by atoms with Crippen molar-refractivity contribution in [2.75, 3.05) is 10.7 Å². The van der Waals surface area contributed by atoms with Gasteiger partial charge in [-0.25, -0.2) is 9.97 Å². The molecule has 34 heavy (non-hydrogen) atoms. The number of carbonyl (C=O) groups excluding carboxylic acids is 1. The highest BCUT2D eigenvalue weighted by atomic mass is 35.5. The van der Waals surface area contributed by atoms with E-state index in [0.717, 1.165) is 11.1 Å². The van der Waals surface area contributed by atoms with E-state index in [0.29, 0.717) is 5.02 Å². The summed E-state index contributed by atoms with van der Waals surface area (Å²) in [4.78, 5) is 31.9. The maximum absolute atomic E-state index is 12.4. The molecule has 1 amide bonds. The third kappa shape index (κ3) is 5.28. The van der Waals surface area contributed by atoms with E-state index in [9.17, 15) is 14.9 Å². The maximum atomic E-state index is 12.4. The molecule has 4 aromatic rings. The topological polar surface area (TPSA) is 122 Å². The van der Waals surface area contributed by atoms with Crippen molar-refractivity contribution in [1.82, 2.24) is 15.4 Å².